The maximum atomic E-state index is 10.8. The van der Waals surface area contributed by atoms with Gasteiger partial charge in [0, 0.05) is 5.56 Å². The van der Waals surface area contributed by atoms with Crippen molar-refractivity contribution in [3.8, 4) is 17.2 Å². The quantitative estimate of drug-likeness (QED) is 0.532. The lowest BCUT2D eigenvalue weighted by Gasteiger charge is -2.14. The largest absolute Gasteiger partial charge is 0.493 e. The van der Waals surface area contributed by atoms with Gasteiger partial charge in [-0.2, -0.15) is 0 Å². The van der Waals surface area contributed by atoms with Gasteiger partial charge in [-0.05, 0) is 48.2 Å². The molecule has 4 heteroatoms. The topological polar surface area (TPSA) is 44.8 Å². The first-order chi connectivity index (χ1) is 11.5. The third kappa shape index (κ3) is 4.51. The average Bonchev–Trinajstić information content (AvgIpc) is 2.59. The van der Waals surface area contributed by atoms with E-state index in [0.717, 1.165) is 17.6 Å². The lowest BCUT2D eigenvalue weighted by molar-refractivity contribution is 0.112. The number of hydrogen-bond donors (Lipinski definition) is 0. The van der Waals surface area contributed by atoms with Crippen LogP contribution in [0, 0.1) is 6.92 Å². The van der Waals surface area contributed by atoms with E-state index in [4.69, 9.17) is 14.2 Å². The minimum atomic E-state index is 0.391. The van der Waals surface area contributed by atoms with Crippen LogP contribution < -0.4 is 14.2 Å². The zero-order chi connectivity index (χ0) is 17.5. The van der Waals surface area contributed by atoms with Gasteiger partial charge in [0.1, 0.15) is 25.2 Å². The Labute approximate surface area is 143 Å². The molecule has 0 fully saturated rings. The molecule has 128 valence electrons. The molecule has 24 heavy (non-hydrogen) atoms. The summed E-state index contributed by atoms with van der Waals surface area (Å²) in [5.74, 6) is 2.48. The second kappa shape index (κ2) is 8.39. The molecular formula is C20H24O4. The maximum absolute atomic E-state index is 10.8. The first-order valence-electron chi connectivity index (χ1n) is 8.04. The summed E-state index contributed by atoms with van der Waals surface area (Å²) in [6, 6.07) is 11.4. The summed E-state index contributed by atoms with van der Waals surface area (Å²) in [7, 11) is 1.55. The normalized spacial score (nSPS) is 10.5. The van der Waals surface area contributed by atoms with Gasteiger partial charge >= 0.3 is 0 Å². The summed E-state index contributed by atoms with van der Waals surface area (Å²) in [6.07, 6.45) is 0.778. The molecule has 0 bridgehead atoms. The molecule has 0 heterocycles. The summed E-state index contributed by atoms with van der Waals surface area (Å²) >= 11 is 0. The number of rotatable bonds is 8. The molecule has 0 aliphatic heterocycles. The Morgan fingerprint density at radius 2 is 1.67 bits per heavy atom. The van der Waals surface area contributed by atoms with E-state index in [1.54, 1.807) is 25.3 Å². The van der Waals surface area contributed by atoms with E-state index in [9.17, 15) is 4.79 Å². The van der Waals surface area contributed by atoms with Crippen LogP contribution in [0.4, 0.5) is 0 Å². The predicted molar refractivity (Wildman–Crippen MR) is 94.6 cm³/mol. The Balaban J connectivity index is 1.94. The van der Waals surface area contributed by atoms with Crippen LogP contribution in [-0.2, 0) is 0 Å². The molecular weight excluding hydrogens is 304 g/mol. The number of carbonyl (C=O) groups excluding carboxylic acids is 1. The SMILES string of the molecule is COc1cc(C=O)ccc1OCCOc1cc(C(C)C)ccc1C. The van der Waals surface area contributed by atoms with Crippen molar-refractivity contribution in [1.82, 2.24) is 0 Å². The van der Waals surface area contributed by atoms with Gasteiger partial charge in [-0.25, -0.2) is 0 Å². The van der Waals surface area contributed by atoms with Crippen LogP contribution in [0.3, 0.4) is 0 Å². The van der Waals surface area contributed by atoms with E-state index in [1.807, 2.05) is 6.92 Å². The molecule has 0 saturated carbocycles. The zero-order valence-corrected chi connectivity index (χ0v) is 14.7. The number of benzene rings is 2. The molecule has 2 aromatic carbocycles. The highest BCUT2D eigenvalue weighted by Gasteiger charge is 2.07. The summed E-state index contributed by atoms with van der Waals surface area (Å²) in [6.45, 7) is 7.17. The van der Waals surface area contributed by atoms with E-state index in [-0.39, 0.29) is 0 Å². The second-order valence-corrected chi connectivity index (χ2v) is 5.90. The molecule has 0 spiro atoms. The highest BCUT2D eigenvalue weighted by Crippen LogP contribution is 2.28. The molecule has 0 amide bonds. The van der Waals surface area contributed by atoms with Crippen molar-refractivity contribution in [1.29, 1.82) is 0 Å². The molecule has 2 aromatic rings. The number of aryl methyl sites for hydroxylation is 1. The molecule has 0 aromatic heterocycles. The van der Waals surface area contributed by atoms with Gasteiger partial charge in [0.15, 0.2) is 11.5 Å². The van der Waals surface area contributed by atoms with Crippen molar-refractivity contribution in [2.75, 3.05) is 20.3 Å². The number of ether oxygens (including phenoxy) is 3. The first-order valence-corrected chi connectivity index (χ1v) is 8.04. The Morgan fingerprint density at radius 1 is 0.958 bits per heavy atom. The van der Waals surface area contributed by atoms with Crippen LogP contribution >= 0.6 is 0 Å². The second-order valence-electron chi connectivity index (χ2n) is 5.90. The van der Waals surface area contributed by atoms with Crippen LogP contribution in [0.15, 0.2) is 36.4 Å². The minimum Gasteiger partial charge on any atom is -0.493 e. The highest BCUT2D eigenvalue weighted by molar-refractivity contribution is 5.76. The van der Waals surface area contributed by atoms with Gasteiger partial charge < -0.3 is 14.2 Å². The fourth-order valence-corrected chi connectivity index (χ4v) is 2.31. The fraction of sp³-hybridized carbons (Fsp3) is 0.350. The van der Waals surface area contributed by atoms with Crippen LogP contribution in [-0.4, -0.2) is 26.6 Å². The summed E-state index contributed by atoms with van der Waals surface area (Å²) in [5, 5.41) is 0. The van der Waals surface area contributed by atoms with E-state index in [2.05, 4.69) is 32.0 Å². The standard InChI is InChI=1S/C20H24O4/c1-14(2)17-7-5-15(3)19(12-17)24-10-9-23-18-8-6-16(13-21)11-20(18)22-4/h5-8,11-14H,9-10H2,1-4H3. The molecule has 0 radical (unpaired) electrons. The van der Waals surface area contributed by atoms with Crippen LogP contribution in [0.5, 0.6) is 17.2 Å². The van der Waals surface area contributed by atoms with Crippen LogP contribution in [0.2, 0.25) is 0 Å². The monoisotopic (exact) mass is 328 g/mol. The van der Waals surface area contributed by atoms with Crippen molar-refractivity contribution in [3.63, 3.8) is 0 Å². The molecule has 2 rings (SSSR count). The van der Waals surface area contributed by atoms with E-state index < -0.39 is 0 Å². The third-order valence-electron chi connectivity index (χ3n) is 3.80. The highest BCUT2D eigenvalue weighted by atomic mass is 16.5. The Kier molecular flexibility index (Phi) is 6.24. The Bertz CT molecular complexity index is 692. The lowest BCUT2D eigenvalue weighted by Crippen LogP contribution is -2.10. The van der Waals surface area contributed by atoms with Gasteiger partial charge in [0.2, 0.25) is 0 Å². The van der Waals surface area contributed by atoms with E-state index in [0.29, 0.717) is 36.2 Å². The van der Waals surface area contributed by atoms with Crippen molar-refractivity contribution < 1.29 is 19.0 Å². The van der Waals surface area contributed by atoms with Crippen molar-refractivity contribution in [3.05, 3.63) is 53.1 Å². The first kappa shape index (κ1) is 17.9. The fourth-order valence-electron chi connectivity index (χ4n) is 2.31. The van der Waals surface area contributed by atoms with Gasteiger partial charge in [-0.3, -0.25) is 4.79 Å². The van der Waals surface area contributed by atoms with E-state index in [1.165, 1.54) is 5.56 Å². The third-order valence-corrected chi connectivity index (χ3v) is 3.80. The Morgan fingerprint density at radius 3 is 2.29 bits per heavy atom. The van der Waals surface area contributed by atoms with Gasteiger partial charge in [-0.15, -0.1) is 0 Å². The predicted octanol–water partition coefficient (Wildman–Crippen LogP) is 4.40. The average molecular weight is 328 g/mol. The smallest absolute Gasteiger partial charge is 0.161 e. The molecule has 0 atom stereocenters. The van der Waals surface area contributed by atoms with Gasteiger partial charge in [-0.1, -0.05) is 26.0 Å². The molecule has 0 unspecified atom stereocenters. The molecule has 0 N–H and O–H groups in total. The van der Waals surface area contributed by atoms with Crippen LogP contribution in [0.1, 0.15) is 41.3 Å². The summed E-state index contributed by atoms with van der Waals surface area (Å²) < 4.78 is 16.8. The van der Waals surface area contributed by atoms with Gasteiger partial charge in [0.05, 0.1) is 7.11 Å². The Hall–Kier alpha value is -2.49. The maximum Gasteiger partial charge on any atom is 0.161 e. The molecule has 0 saturated heterocycles. The number of carbonyl (C=O) groups is 1. The van der Waals surface area contributed by atoms with Crippen molar-refractivity contribution in [2.45, 2.75) is 26.7 Å². The molecule has 0 aliphatic rings. The van der Waals surface area contributed by atoms with Crippen molar-refractivity contribution in [2.24, 2.45) is 0 Å². The van der Waals surface area contributed by atoms with Crippen molar-refractivity contribution >= 4 is 6.29 Å². The minimum absolute atomic E-state index is 0.391. The summed E-state index contributed by atoms with van der Waals surface area (Å²) in [5.41, 5.74) is 2.91. The molecule has 0 aliphatic carbocycles. The number of aldehydes is 1. The summed E-state index contributed by atoms with van der Waals surface area (Å²) in [4.78, 5) is 10.8. The molecule has 4 nitrogen and oxygen atoms in total. The number of methoxy groups -OCH3 is 1. The number of hydrogen-bond acceptors (Lipinski definition) is 4. The van der Waals surface area contributed by atoms with Crippen LogP contribution in [0.25, 0.3) is 0 Å². The zero-order valence-electron chi connectivity index (χ0n) is 14.7. The lowest BCUT2D eigenvalue weighted by atomic mass is 10.0. The van der Waals surface area contributed by atoms with Gasteiger partial charge in [0.25, 0.3) is 0 Å². The van der Waals surface area contributed by atoms with E-state index >= 15 is 0 Å².